The minimum absolute atomic E-state index is 0.120. The Morgan fingerprint density at radius 3 is 3.00 bits per heavy atom. The van der Waals surface area contributed by atoms with Crippen LogP contribution in [-0.2, 0) is 9.53 Å². The van der Waals surface area contributed by atoms with Gasteiger partial charge in [-0.3, -0.25) is 14.8 Å². The molecule has 0 radical (unpaired) electrons. The van der Waals surface area contributed by atoms with Crippen LogP contribution in [0.5, 0.6) is 0 Å². The second kappa shape index (κ2) is 4.51. The van der Waals surface area contributed by atoms with Crippen LogP contribution >= 0.6 is 0 Å². The van der Waals surface area contributed by atoms with Gasteiger partial charge in [-0.25, -0.2) is 0 Å². The van der Waals surface area contributed by atoms with E-state index >= 15 is 0 Å². The summed E-state index contributed by atoms with van der Waals surface area (Å²) in [5, 5.41) is 0. The average Bonchev–Trinajstić information content (AvgIpc) is 2.19. The normalized spacial score (nSPS) is 12.2. The third-order valence-electron chi connectivity index (χ3n) is 1.58. The van der Waals surface area contributed by atoms with Crippen molar-refractivity contribution in [1.82, 2.24) is 9.97 Å². The molecule has 1 atom stereocenters. The molecule has 70 valence electrons. The van der Waals surface area contributed by atoms with Gasteiger partial charge in [0.25, 0.3) is 0 Å². The van der Waals surface area contributed by atoms with E-state index < -0.39 is 6.04 Å². The largest absolute Gasteiger partial charge is 0.469 e. The van der Waals surface area contributed by atoms with Gasteiger partial charge in [-0.2, -0.15) is 0 Å². The number of hydrogen-bond acceptors (Lipinski definition) is 5. The molecule has 0 amide bonds. The number of rotatable bonds is 3. The van der Waals surface area contributed by atoms with E-state index in [0.29, 0.717) is 5.69 Å². The van der Waals surface area contributed by atoms with Crippen LogP contribution in [0.4, 0.5) is 0 Å². The molecule has 5 nitrogen and oxygen atoms in total. The third kappa shape index (κ3) is 2.79. The maximum absolute atomic E-state index is 10.8. The maximum Gasteiger partial charge on any atom is 0.307 e. The van der Waals surface area contributed by atoms with Crippen LogP contribution in [0.1, 0.15) is 18.2 Å². The highest BCUT2D eigenvalue weighted by Crippen LogP contribution is 2.09. The van der Waals surface area contributed by atoms with Crippen molar-refractivity contribution in [3.63, 3.8) is 0 Å². The number of nitrogens with two attached hydrogens (primary N) is 1. The summed E-state index contributed by atoms with van der Waals surface area (Å²) in [4.78, 5) is 18.7. The number of esters is 1. The van der Waals surface area contributed by atoms with E-state index in [2.05, 4.69) is 14.7 Å². The Hall–Kier alpha value is -1.49. The number of nitrogens with zero attached hydrogens (tertiary/aromatic N) is 2. The molecule has 5 heteroatoms. The average molecular weight is 181 g/mol. The summed E-state index contributed by atoms with van der Waals surface area (Å²) in [6, 6.07) is -0.443. The Morgan fingerprint density at radius 2 is 2.46 bits per heavy atom. The molecule has 0 aliphatic rings. The Balaban J connectivity index is 2.59. The first-order valence-electron chi connectivity index (χ1n) is 3.82. The van der Waals surface area contributed by atoms with Gasteiger partial charge in [-0.15, -0.1) is 0 Å². The van der Waals surface area contributed by atoms with Crippen molar-refractivity contribution in [3.8, 4) is 0 Å². The fourth-order valence-electron chi connectivity index (χ4n) is 0.870. The maximum atomic E-state index is 10.8. The number of aromatic nitrogens is 2. The number of hydrogen-bond donors (Lipinski definition) is 1. The standard InChI is InChI=1S/C8H11N3O2/c1-13-8(12)4-6(9)7-5-10-2-3-11-7/h2-3,5-6H,4,9H2,1H3. The van der Waals surface area contributed by atoms with Gasteiger partial charge >= 0.3 is 5.97 Å². The Bertz CT molecular complexity index is 276. The van der Waals surface area contributed by atoms with Gasteiger partial charge < -0.3 is 10.5 Å². The van der Waals surface area contributed by atoms with E-state index in [0.717, 1.165) is 0 Å². The van der Waals surface area contributed by atoms with Crippen molar-refractivity contribution in [1.29, 1.82) is 0 Å². The van der Waals surface area contributed by atoms with Crippen molar-refractivity contribution < 1.29 is 9.53 Å². The SMILES string of the molecule is COC(=O)CC(N)c1cnccn1. The van der Waals surface area contributed by atoms with Crippen LogP contribution < -0.4 is 5.73 Å². The summed E-state index contributed by atoms with van der Waals surface area (Å²) in [5.74, 6) is -0.349. The lowest BCUT2D eigenvalue weighted by Gasteiger charge is -2.07. The first-order valence-corrected chi connectivity index (χ1v) is 3.82. The second-order valence-corrected chi connectivity index (χ2v) is 2.52. The summed E-state index contributed by atoms with van der Waals surface area (Å²) < 4.78 is 4.48. The van der Waals surface area contributed by atoms with Crippen molar-refractivity contribution in [2.75, 3.05) is 7.11 Å². The zero-order valence-electron chi connectivity index (χ0n) is 7.30. The van der Waals surface area contributed by atoms with Crippen LogP contribution in [0.3, 0.4) is 0 Å². The van der Waals surface area contributed by atoms with Crippen LogP contribution in [0.25, 0.3) is 0 Å². The van der Waals surface area contributed by atoms with E-state index in [4.69, 9.17) is 5.73 Å². The lowest BCUT2D eigenvalue weighted by atomic mass is 10.1. The van der Waals surface area contributed by atoms with Crippen molar-refractivity contribution >= 4 is 5.97 Å². The summed E-state index contributed by atoms with van der Waals surface area (Å²) in [5.41, 5.74) is 6.26. The van der Waals surface area contributed by atoms with E-state index in [1.54, 1.807) is 6.20 Å². The van der Waals surface area contributed by atoms with Crippen molar-refractivity contribution in [2.45, 2.75) is 12.5 Å². The minimum Gasteiger partial charge on any atom is -0.469 e. The smallest absolute Gasteiger partial charge is 0.307 e. The van der Waals surface area contributed by atoms with Gasteiger partial charge in [0, 0.05) is 18.6 Å². The molecule has 13 heavy (non-hydrogen) atoms. The highest BCUT2D eigenvalue weighted by molar-refractivity contribution is 5.70. The molecule has 0 bridgehead atoms. The topological polar surface area (TPSA) is 78.1 Å². The molecule has 0 spiro atoms. The van der Waals surface area contributed by atoms with Crippen molar-refractivity contribution in [3.05, 3.63) is 24.3 Å². The van der Waals surface area contributed by atoms with E-state index in [1.807, 2.05) is 0 Å². The quantitative estimate of drug-likeness (QED) is 0.666. The zero-order chi connectivity index (χ0) is 9.68. The first-order chi connectivity index (χ1) is 6.24. The highest BCUT2D eigenvalue weighted by Gasteiger charge is 2.12. The molecular formula is C8H11N3O2. The Kier molecular flexibility index (Phi) is 3.33. The molecule has 1 aromatic heterocycles. The number of carbonyl (C=O) groups excluding carboxylic acids is 1. The van der Waals surface area contributed by atoms with E-state index in [9.17, 15) is 4.79 Å². The predicted octanol–water partition coefficient (Wildman–Crippen LogP) is 0.0395. The molecule has 1 rings (SSSR count). The fourth-order valence-corrected chi connectivity index (χ4v) is 0.870. The summed E-state index contributed by atoms with van der Waals surface area (Å²) in [7, 11) is 1.33. The lowest BCUT2D eigenvalue weighted by Crippen LogP contribution is -2.17. The minimum atomic E-state index is -0.443. The highest BCUT2D eigenvalue weighted by atomic mass is 16.5. The molecule has 1 unspecified atom stereocenters. The van der Waals surface area contributed by atoms with Gasteiger partial charge in [-0.05, 0) is 0 Å². The summed E-state index contributed by atoms with van der Waals surface area (Å²) in [6.07, 6.45) is 4.74. The molecule has 1 heterocycles. The van der Waals surface area contributed by atoms with Crippen molar-refractivity contribution in [2.24, 2.45) is 5.73 Å². The fraction of sp³-hybridized carbons (Fsp3) is 0.375. The van der Waals surface area contributed by atoms with Gasteiger partial charge in [-0.1, -0.05) is 0 Å². The number of methoxy groups -OCH3 is 1. The van der Waals surface area contributed by atoms with Gasteiger partial charge in [0.2, 0.25) is 0 Å². The van der Waals surface area contributed by atoms with Crippen LogP contribution in [0.15, 0.2) is 18.6 Å². The monoisotopic (exact) mass is 181 g/mol. The van der Waals surface area contributed by atoms with Crippen LogP contribution in [-0.4, -0.2) is 23.0 Å². The first kappa shape index (κ1) is 9.60. The molecular weight excluding hydrogens is 170 g/mol. The lowest BCUT2D eigenvalue weighted by molar-refractivity contribution is -0.141. The Morgan fingerprint density at radius 1 is 1.69 bits per heavy atom. The van der Waals surface area contributed by atoms with Gasteiger partial charge in [0.05, 0.1) is 25.3 Å². The number of ether oxygens (including phenoxy) is 1. The van der Waals surface area contributed by atoms with Gasteiger partial charge in [0.1, 0.15) is 0 Å². The van der Waals surface area contributed by atoms with Crippen LogP contribution in [0, 0.1) is 0 Å². The molecule has 0 aliphatic carbocycles. The van der Waals surface area contributed by atoms with Gasteiger partial charge in [0.15, 0.2) is 0 Å². The number of carbonyl (C=O) groups is 1. The molecule has 0 saturated heterocycles. The van der Waals surface area contributed by atoms with E-state index in [1.165, 1.54) is 19.5 Å². The second-order valence-electron chi connectivity index (χ2n) is 2.52. The molecule has 0 aliphatic heterocycles. The Labute approximate surface area is 75.9 Å². The zero-order valence-corrected chi connectivity index (χ0v) is 7.30. The molecule has 0 fully saturated rings. The summed E-state index contributed by atoms with van der Waals surface area (Å²) in [6.45, 7) is 0. The van der Waals surface area contributed by atoms with E-state index in [-0.39, 0.29) is 12.4 Å². The molecule has 0 aromatic carbocycles. The van der Waals surface area contributed by atoms with Crippen LogP contribution in [0.2, 0.25) is 0 Å². The molecule has 2 N–H and O–H groups in total. The third-order valence-corrected chi connectivity index (χ3v) is 1.58. The summed E-state index contributed by atoms with van der Waals surface area (Å²) >= 11 is 0. The molecule has 0 saturated carbocycles. The predicted molar refractivity (Wildman–Crippen MR) is 45.6 cm³/mol. The molecule has 1 aromatic rings.